The lowest BCUT2D eigenvalue weighted by Gasteiger charge is -2.29. The number of carbonyl (C=O) groups is 1. The molecule has 0 aliphatic carbocycles. The minimum absolute atomic E-state index is 0. The average Bonchev–Trinajstić information content (AvgIpc) is 3.18. The predicted molar refractivity (Wildman–Crippen MR) is 117 cm³/mol. The number of rotatable bonds is 7. The van der Waals surface area contributed by atoms with E-state index in [1.165, 1.54) is 12.8 Å². The Morgan fingerprint density at radius 3 is 2.36 bits per heavy atom. The van der Waals surface area contributed by atoms with Crippen LogP contribution in [-0.4, -0.2) is 36.5 Å². The maximum atomic E-state index is 12.6. The highest BCUT2D eigenvalue weighted by atomic mass is 35.5. The maximum Gasteiger partial charge on any atom is 0.251 e. The normalized spacial score (nSPS) is 15.1. The van der Waals surface area contributed by atoms with Crippen molar-refractivity contribution >= 4 is 29.9 Å². The molecule has 0 aromatic heterocycles. The lowest BCUT2D eigenvalue weighted by molar-refractivity contribution is 0.0938. The number of carbonyl (C=O) groups excluding carboxylic acids is 1. The van der Waals surface area contributed by atoms with Gasteiger partial charge >= 0.3 is 0 Å². The predicted octanol–water partition coefficient (Wildman–Crippen LogP) is 5.12. The van der Waals surface area contributed by atoms with Gasteiger partial charge in [-0.25, -0.2) is 0 Å². The van der Waals surface area contributed by atoms with E-state index in [1.807, 2.05) is 44.2 Å². The van der Waals surface area contributed by atoms with Crippen LogP contribution in [0.5, 0.6) is 5.75 Å². The molecule has 3 rings (SSSR count). The van der Waals surface area contributed by atoms with Gasteiger partial charge in [0.15, 0.2) is 0 Å². The lowest BCUT2D eigenvalue weighted by Crippen LogP contribution is -2.37. The molecule has 2 aromatic rings. The van der Waals surface area contributed by atoms with Crippen LogP contribution in [0.2, 0.25) is 5.02 Å². The van der Waals surface area contributed by atoms with E-state index in [4.69, 9.17) is 16.3 Å². The van der Waals surface area contributed by atoms with E-state index in [1.54, 1.807) is 12.1 Å². The molecule has 152 valence electrons. The number of hydrogen-bond acceptors (Lipinski definition) is 3. The highest BCUT2D eigenvalue weighted by Crippen LogP contribution is 2.29. The van der Waals surface area contributed by atoms with Gasteiger partial charge < -0.3 is 10.1 Å². The number of ether oxygens (including phenoxy) is 1. The Bertz CT molecular complexity index is 759. The van der Waals surface area contributed by atoms with Crippen LogP contribution in [0.25, 0.3) is 0 Å². The van der Waals surface area contributed by atoms with Gasteiger partial charge in [0.05, 0.1) is 12.1 Å². The number of nitrogens with zero attached hydrogens (tertiary/aromatic N) is 1. The highest BCUT2D eigenvalue weighted by Gasteiger charge is 2.25. The summed E-state index contributed by atoms with van der Waals surface area (Å²) in [5.41, 5.74) is 1.70. The molecular weight excluding hydrogens is 395 g/mol. The van der Waals surface area contributed by atoms with Crippen molar-refractivity contribution in [2.45, 2.75) is 38.8 Å². The third-order valence-corrected chi connectivity index (χ3v) is 5.13. The Labute approximate surface area is 178 Å². The quantitative estimate of drug-likeness (QED) is 0.673. The molecule has 1 unspecified atom stereocenters. The van der Waals surface area contributed by atoms with Crippen molar-refractivity contribution in [2.75, 3.05) is 19.6 Å². The van der Waals surface area contributed by atoms with Crippen molar-refractivity contribution < 1.29 is 9.53 Å². The van der Waals surface area contributed by atoms with Crippen LogP contribution in [0, 0.1) is 0 Å². The molecule has 1 aliphatic heterocycles. The molecule has 1 fully saturated rings. The van der Waals surface area contributed by atoms with E-state index in [9.17, 15) is 4.79 Å². The molecule has 6 heteroatoms. The topological polar surface area (TPSA) is 41.6 Å². The third kappa shape index (κ3) is 5.87. The molecule has 1 heterocycles. The van der Waals surface area contributed by atoms with Gasteiger partial charge in [-0.1, -0.05) is 29.8 Å². The van der Waals surface area contributed by atoms with Gasteiger partial charge in [-0.3, -0.25) is 9.69 Å². The van der Waals surface area contributed by atoms with Crippen LogP contribution in [0.15, 0.2) is 48.5 Å². The largest absolute Gasteiger partial charge is 0.491 e. The molecule has 1 amide bonds. The van der Waals surface area contributed by atoms with Crippen LogP contribution in [0.3, 0.4) is 0 Å². The summed E-state index contributed by atoms with van der Waals surface area (Å²) in [7, 11) is 0. The number of amides is 1. The molecule has 28 heavy (non-hydrogen) atoms. The summed E-state index contributed by atoms with van der Waals surface area (Å²) in [5.74, 6) is 0.690. The maximum absolute atomic E-state index is 12.6. The van der Waals surface area contributed by atoms with Gasteiger partial charge in [-0.05, 0) is 75.7 Å². The number of likely N-dealkylation sites (tertiary alicyclic amines) is 1. The van der Waals surface area contributed by atoms with Crippen molar-refractivity contribution in [3.63, 3.8) is 0 Å². The van der Waals surface area contributed by atoms with Crippen LogP contribution in [-0.2, 0) is 0 Å². The number of benzene rings is 2. The summed E-state index contributed by atoms with van der Waals surface area (Å²) in [4.78, 5) is 15.0. The third-order valence-electron chi connectivity index (χ3n) is 4.79. The second-order valence-corrected chi connectivity index (χ2v) is 7.59. The van der Waals surface area contributed by atoms with Gasteiger partial charge in [-0.15, -0.1) is 12.4 Å². The zero-order chi connectivity index (χ0) is 19.2. The minimum atomic E-state index is -0.0812. The highest BCUT2D eigenvalue weighted by molar-refractivity contribution is 6.31. The molecule has 0 saturated carbocycles. The molecule has 0 radical (unpaired) electrons. The minimum Gasteiger partial charge on any atom is -0.491 e. The zero-order valence-corrected chi connectivity index (χ0v) is 17.9. The summed E-state index contributed by atoms with van der Waals surface area (Å²) in [6.07, 6.45) is 2.49. The van der Waals surface area contributed by atoms with Crippen LogP contribution in [0.1, 0.15) is 48.7 Å². The second-order valence-electron chi connectivity index (χ2n) is 7.18. The van der Waals surface area contributed by atoms with Crippen molar-refractivity contribution in [3.8, 4) is 5.75 Å². The monoisotopic (exact) mass is 422 g/mol. The van der Waals surface area contributed by atoms with Crippen molar-refractivity contribution in [3.05, 3.63) is 64.7 Å². The van der Waals surface area contributed by atoms with Gasteiger partial charge in [0.1, 0.15) is 5.75 Å². The SMILES string of the molecule is CC(C)Oc1ccc(C(=O)NCC(c2ccccc2Cl)N2CCCC2)cc1.Cl. The summed E-state index contributed by atoms with van der Waals surface area (Å²) < 4.78 is 5.63. The van der Waals surface area contributed by atoms with E-state index in [2.05, 4.69) is 16.3 Å². The van der Waals surface area contributed by atoms with E-state index >= 15 is 0 Å². The smallest absolute Gasteiger partial charge is 0.251 e. The fraction of sp³-hybridized carbons (Fsp3) is 0.409. The zero-order valence-electron chi connectivity index (χ0n) is 16.4. The first-order valence-corrected chi connectivity index (χ1v) is 9.96. The number of nitrogens with one attached hydrogen (secondary N) is 1. The van der Waals surface area contributed by atoms with Crippen molar-refractivity contribution in [2.24, 2.45) is 0 Å². The average molecular weight is 423 g/mol. The molecule has 2 aromatic carbocycles. The fourth-order valence-corrected chi connectivity index (χ4v) is 3.74. The van der Waals surface area contributed by atoms with Crippen molar-refractivity contribution in [1.29, 1.82) is 0 Å². The molecule has 1 N–H and O–H groups in total. The van der Waals surface area contributed by atoms with E-state index in [-0.39, 0.29) is 30.5 Å². The van der Waals surface area contributed by atoms with Gasteiger partial charge in [0.25, 0.3) is 5.91 Å². The lowest BCUT2D eigenvalue weighted by atomic mass is 10.0. The van der Waals surface area contributed by atoms with Crippen LogP contribution < -0.4 is 10.1 Å². The molecule has 0 bridgehead atoms. The molecule has 4 nitrogen and oxygen atoms in total. The Morgan fingerprint density at radius 1 is 1.11 bits per heavy atom. The molecule has 1 saturated heterocycles. The Hall–Kier alpha value is -1.75. The molecule has 1 atom stereocenters. The van der Waals surface area contributed by atoms with E-state index in [0.29, 0.717) is 12.1 Å². The van der Waals surface area contributed by atoms with Crippen molar-refractivity contribution in [1.82, 2.24) is 10.2 Å². The van der Waals surface area contributed by atoms with Gasteiger partial charge in [-0.2, -0.15) is 0 Å². The Morgan fingerprint density at radius 2 is 1.75 bits per heavy atom. The summed E-state index contributed by atoms with van der Waals surface area (Å²) in [6, 6.07) is 15.3. The van der Waals surface area contributed by atoms with Crippen LogP contribution in [0.4, 0.5) is 0 Å². The first-order chi connectivity index (χ1) is 13.0. The number of halogens is 2. The molecule has 1 aliphatic rings. The van der Waals surface area contributed by atoms with E-state index in [0.717, 1.165) is 29.4 Å². The summed E-state index contributed by atoms with van der Waals surface area (Å²) in [5, 5.41) is 3.83. The first-order valence-electron chi connectivity index (χ1n) is 9.58. The van der Waals surface area contributed by atoms with Gasteiger partial charge in [0.2, 0.25) is 0 Å². The Balaban J connectivity index is 0.00000280. The summed E-state index contributed by atoms with van der Waals surface area (Å²) in [6.45, 7) is 6.56. The molecular formula is C22H28Cl2N2O2. The van der Waals surface area contributed by atoms with E-state index < -0.39 is 0 Å². The fourth-order valence-electron chi connectivity index (χ4n) is 3.48. The second kappa shape index (κ2) is 10.7. The first kappa shape index (κ1) is 22.5. The standard InChI is InChI=1S/C22H27ClN2O2.ClH/c1-16(2)27-18-11-9-17(10-12-18)22(26)24-15-21(25-13-5-6-14-25)19-7-3-4-8-20(19)23;/h3-4,7-12,16,21H,5-6,13-15H2,1-2H3,(H,24,26);1H. The Kier molecular flexibility index (Phi) is 8.61. The summed E-state index contributed by atoms with van der Waals surface area (Å²) >= 11 is 6.44. The molecule has 0 spiro atoms. The van der Waals surface area contributed by atoms with Crippen LogP contribution >= 0.6 is 24.0 Å². The van der Waals surface area contributed by atoms with Gasteiger partial charge in [0, 0.05) is 17.1 Å². The number of hydrogen-bond donors (Lipinski definition) is 1.